The van der Waals surface area contributed by atoms with Crippen LogP contribution in [0.4, 0.5) is 0 Å². The minimum Gasteiger partial charge on any atom is -0.299 e. The van der Waals surface area contributed by atoms with Crippen molar-refractivity contribution in [3.05, 3.63) is 77.9 Å². The van der Waals surface area contributed by atoms with Gasteiger partial charge in [-0.2, -0.15) is 0 Å². The van der Waals surface area contributed by atoms with Gasteiger partial charge in [-0.25, -0.2) is 9.97 Å². The van der Waals surface area contributed by atoms with Crippen LogP contribution >= 0.6 is 0 Å². The van der Waals surface area contributed by atoms with Gasteiger partial charge in [0.05, 0.1) is 5.69 Å². The van der Waals surface area contributed by atoms with Gasteiger partial charge in [0.1, 0.15) is 5.78 Å². The van der Waals surface area contributed by atoms with Crippen molar-refractivity contribution in [2.75, 3.05) is 0 Å². The Kier molecular flexibility index (Phi) is 4.08. The summed E-state index contributed by atoms with van der Waals surface area (Å²) < 4.78 is 0. The summed E-state index contributed by atoms with van der Waals surface area (Å²) >= 11 is 0. The van der Waals surface area contributed by atoms with E-state index in [1.807, 2.05) is 18.3 Å². The Labute approximate surface area is 165 Å². The second-order valence-corrected chi connectivity index (χ2v) is 8.04. The average Bonchev–Trinajstić information content (AvgIpc) is 2.77. The molecule has 1 aromatic carbocycles. The van der Waals surface area contributed by atoms with Crippen LogP contribution in [0.3, 0.4) is 0 Å². The number of carbonyl (C=O) groups excluding carboxylic acids is 1. The van der Waals surface area contributed by atoms with E-state index in [0.29, 0.717) is 12.2 Å². The van der Waals surface area contributed by atoms with E-state index in [0.717, 1.165) is 36.3 Å². The third kappa shape index (κ3) is 2.51. The lowest BCUT2D eigenvalue weighted by Crippen LogP contribution is -2.50. The van der Waals surface area contributed by atoms with E-state index in [2.05, 4.69) is 47.2 Å². The minimum atomic E-state index is -0.215. The zero-order valence-corrected chi connectivity index (χ0v) is 16.0. The third-order valence-corrected chi connectivity index (χ3v) is 6.75. The topological polar surface area (TPSA) is 55.7 Å². The highest BCUT2D eigenvalue weighted by atomic mass is 16.1. The molecule has 0 aliphatic heterocycles. The first-order valence-electron chi connectivity index (χ1n) is 10.0. The number of aryl methyl sites for hydroxylation is 1. The Hall–Kier alpha value is -2.88. The van der Waals surface area contributed by atoms with Crippen LogP contribution in [0.25, 0.3) is 11.4 Å². The zero-order valence-electron chi connectivity index (χ0n) is 16.0. The van der Waals surface area contributed by atoms with Gasteiger partial charge in [-0.05, 0) is 48.4 Å². The number of rotatable bonds is 2. The van der Waals surface area contributed by atoms with E-state index in [1.54, 1.807) is 12.4 Å². The average molecular weight is 369 g/mol. The summed E-state index contributed by atoms with van der Waals surface area (Å²) in [7, 11) is 0. The molecule has 5 rings (SSSR count). The molecule has 0 N–H and O–H groups in total. The quantitative estimate of drug-likeness (QED) is 0.672. The fraction of sp³-hybridized carbons (Fsp3) is 0.333. The molecule has 2 heterocycles. The molecule has 0 unspecified atom stereocenters. The fourth-order valence-electron chi connectivity index (χ4n) is 5.33. The van der Waals surface area contributed by atoms with Gasteiger partial charge in [0.2, 0.25) is 0 Å². The van der Waals surface area contributed by atoms with E-state index in [4.69, 9.17) is 4.98 Å². The molecule has 28 heavy (non-hydrogen) atoms. The maximum Gasteiger partial charge on any atom is 0.159 e. The van der Waals surface area contributed by atoms with Gasteiger partial charge >= 0.3 is 0 Å². The molecular weight excluding hydrogens is 346 g/mol. The van der Waals surface area contributed by atoms with Crippen LogP contribution in [0.1, 0.15) is 43.0 Å². The Morgan fingerprint density at radius 1 is 1.04 bits per heavy atom. The Morgan fingerprint density at radius 2 is 1.82 bits per heavy atom. The molecule has 3 aromatic rings. The number of nitrogens with zero attached hydrogens (tertiary/aromatic N) is 3. The first kappa shape index (κ1) is 17.2. The van der Waals surface area contributed by atoms with Gasteiger partial charge in [-0.15, -0.1) is 0 Å². The van der Waals surface area contributed by atoms with E-state index in [9.17, 15) is 4.79 Å². The van der Waals surface area contributed by atoms with E-state index >= 15 is 0 Å². The standard InChI is InChI=1S/C24H23N3O/c1-16-20-8-7-18-15-26-23(17-10-13-25-14-11-17)27-22(18)24(20,12-9-21(16)28)19-5-3-2-4-6-19/h2-6,10-11,13-16,20H,7-9,12H2,1H3/t16-,20-,24+/m0/s1. The largest absolute Gasteiger partial charge is 0.299 e. The first-order valence-corrected chi connectivity index (χ1v) is 10.0. The van der Waals surface area contributed by atoms with Crippen molar-refractivity contribution in [2.45, 2.75) is 38.0 Å². The Bertz CT molecular complexity index is 1020. The second kappa shape index (κ2) is 6.62. The SMILES string of the molecule is C[C@@H]1C(=O)CC[C@]2(c3ccccc3)c3nc(-c4ccncc4)ncc3CC[C@@H]12. The zero-order chi connectivity index (χ0) is 19.1. The number of Topliss-reactive ketones (excluding diaryl/α,β-unsaturated/α-hetero) is 1. The van der Waals surface area contributed by atoms with Crippen LogP contribution in [-0.4, -0.2) is 20.7 Å². The number of carbonyl (C=O) groups is 1. The summed E-state index contributed by atoms with van der Waals surface area (Å²) in [6, 6.07) is 14.6. The predicted octanol–water partition coefficient (Wildman–Crippen LogP) is 4.39. The number of benzene rings is 1. The van der Waals surface area contributed by atoms with E-state index in [-0.39, 0.29) is 17.3 Å². The number of ketones is 1. The van der Waals surface area contributed by atoms with Crippen molar-refractivity contribution in [3.8, 4) is 11.4 Å². The lowest BCUT2D eigenvalue weighted by molar-refractivity contribution is -0.128. The van der Waals surface area contributed by atoms with Crippen molar-refractivity contribution in [1.29, 1.82) is 0 Å². The molecule has 0 spiro atoms. The van der Waals surface area contributed by atoms with Crippen LogP contribution in [-0.2, 0) is 16.6 Å². The van der Waals surface area contributed by atoms with Gasteiger partial charge in [0.25, 0.3) is 0 Å². The Morgan fingerprint density at radius 3 is 2.61 bits per heavy atom. The van der Waals surface area contributed by atoms with Gasteiger partial charge in [0.15, 0.2) is 5.82 Å². The lowest BCUT2D eigenvalue weighted by Gasteiger charge is -2.50. The van der Waals surface area contributed by atoms with Crippen molar-refractivity contribution in [1.82, 2.24) is 15.0 Å². The maximum absolute atomic E-state index is 12.6. The van der Waals surface area contributed by atoms with Gasteiger partial charge < -0.3 is 0 Å². The van der Waals surface area contributed by atoms with Crippen LogP contribution < -0.4 is 0 Å². The molecule has 140 valence electrons. The van der Waals surface area contributed by atoms with Crippen molar-refractivity contribution < 1.29 is 4.79 Å². The predicted molar refractivity (Wildman–Crippen MR) is 108 cm³/mol. The van der Waals surface area contributed by atoms with Crippen molar-refractivity contribution in [2.24, 2.45) is 11.8 Å². The number of hydrogen-bond donors (Lipinski definition) is 0. The third-order valence-electron chi connectivity index (χ3n) is 6.75. The smallest absolute Gasteiger partial charge is 0.159 e. The molecule has 0 bridgehead atoms. The monoisotopic (exact) mass is 369 g/mol. The number of aromatic nitrogens is 3. The molecule has 3 atom stereocenters. The van der Waals surface area contributed by atoms with E-state index < -0.39 is 0 Å². The minimum absolute atomic E-state index is 0.0569. The normalized spacial score (nSPS) is 26.4. The molecule has 1 fully saturated rings. The van der Waals surface area contributed by atoms with Crippen LogP contribution in [0.5, 0.6) is 0 Å². The Balaban J connectivity index is 1.74. The van der Waals surface area contributed by atoms with Crippen LogP contribution in [0.15, 0.2) is 61.1 Å². The van der Waals surface area contributed by atoms with Crippen LogP contribution in [0, 0.1) is 11.8 Å². The molecule has 4 heteroatoms. The maximum atomic E-state index is 12.6. The first-order chi connectivity index (χ1) is 13.7. The molecule has 2 aliphatic carbocycles. The number of pyridine rings is 1. The van der Waals surface area contributed by atoms with Crippen molar-refractivity contribution in [3.63, 3.8) is 0 Å². The summed E-state index contributed by atoms with van der Waals surface area (Å²) in [6.45, 7) is 2.11. The molecule has 0 amide bonds. The fourth-order valence-corrected chi connectivity index (χ4v) is 5.33. The lowest BCUT2D eigenvalue weighted by atomic mass is 9.53. The number of fused-ring (bicyclic) bond motifs is 3. The molecular formula is C24H23N3O. The summed E-state index contributed by atoms with van der Waals surface area (Å²) in [4.78, 5) is 26.5. The van der Waals surface area contributed by atoms with E-state index in [1.165, 1.54) is 11.1 Å². The highest BCUT2D eigenvalue weighted by molar-refractivity contribution is 5.83. The van der Waals surface area contributed by atoms with Gasteiger partial charge in [-0.3, -0.25) is 9.78 Å². The summed E-state index contributed by atoms with van der Waals surface area (Å²) in [5.41, 5.74) is 4.38. The molecule has 4 nitrogen and oxygen atoms in total. The molecule has 0 saturated heterocycles. The van der Waals surface area contributed by atoms with Crippen molar-refractivity contribution >= 4 is 5.78 Å². The molecule has 2 aromatic heterocycles. The highest BCUT2D eigenvalue weighted by Crippen LogP contribution is 2.54. The summed E-state index contributed by atoms with van der Waals surface area (Å²) in [6.07, 6.45) is 8.92. The molecule has 0 radical (unpaired) electrons. The van der Waals surface area contributed by atoms with Crippen LogP contribution in [0.2, 0.25) is 0 Å². The van der Waals surface area contributed by atoms with Gasteiger partial charge in [0, 0.05) is 41.9 Å². The molecule has 1 saturated carbocycles. The van der Waals surface area contributed by atoms with Gasteiger partial charge in [-0.1, -0.05) is 37.3 Å². The molecule has 2 aliphatic rings. The highest BCUT2D eigenvalue weighted by Gasteiger charge is 2.53. The summed E-state index contributed by atoms with van der Waals surface area (Å²) in [5.74, 6) is 1.47. The summed E-state index contributed by atoms with van der Waals surface area (Å²) in [5, 5.41) is 0. The number of hydrogen-bond acceptors (Lipinski definition) is 4. The second-order valence-electron chi connectivity index (χ2n) is 8.04.